The van der Waals surface area contributed by atoms with Crippen molar-refractivity contribution < 1.29 is 24.9 Å². The Labute approximate surface area is 160 Å². The lowest BCUT2D eigenvalue weighted by Gasteiger charge is -2.60. The molecule has 0 spiro atoms. The first kappa shape index (κ1) is 19.0. The molecule has 0 bridgehead atoms. The number of hydrogen-bond acceptors (Lipinski definition) is 5. The van der Waals surface area contributed by atoms with E-state index in [2.05, 4.69) is 13.8 Å². The Morgan fingerprint density at radius 2 is 2.04 bits per heavy atom. The molecule has 0 aromatic heterocycles. The quantitative estimate of drug-likeness (QED) is 0.685. The van der Waals surface area contributed by atoms with E-state index < -0.39 is 29.5 Å². The second kappa shape index (κ2) is 5.85. The molecule has 5 heteroatoms. The molecule has 0 heterocycles. The van der Waals surface area contributed by atoms with Gasteiger partial charge in [0.1, 0.15) is 12.2 Å². The third-order valence-electron chi connectivity index (χ3n) is 8.57. The standard InChI is InChI=1S/C22H30O5/c1-12-8-14-15-5-7-22(27,18(26)11-23)21(15,3)10-17(25)19(14)20(2)6-4-13(24)9-16(12)20/h4,6,9,12,14-15,17,19,23,25,27H,5,7-8,10-11H2,1-3H3/t12-,14+,15+,17?,19-,20+,21+,22+/m1/s1. The highest BCUT2D eigenvalue weighted by Gasteiger charge is 2.68. The van der Waals surface area contributed by atoms with Gasteiger partial charge in [0, 0.05) is 16.7 Å². The summed E-state index contributed by atoms with van der Waals surface area (Å²) in [7, 11) is 0. The maximum absolute atomic E-state index is 12.4. The number of ketones is 2. The SMILES string of the molecule is C[C@@H]1C[C@@H]2[C@H](C(O)C[C@@]3(C)[C@H]2CC[C@]3(O)C(=O)CO)[C@@]2(C)C=CC(=O)C=C12. The van der Waals surface area contributed by atoms with Gasteiger partial charge in [0.15, 0.2) is 11.6 Å². The van der Waals surface area contributed by atoms with Gasteiger partial charge in [-0.3, -0.25) is 9.59 Å². The zero-order valence-electron chi connectivity index (χ0n) is 16.3. The minimum atomic E-state index is -1.57. The van der Waals surface area contributed by atoms with Crippen molar-refractivity contribution in [1.29, 1.82) is 0 Å². The molecule has 148 valence electrons. The monoisotopic (exact) mass is 374 g/mol. The van der Waals surface area contributed by atoms with Gasteiger partial charge in [0.25, 0.3) is 0 Å². The van der Waals surface area contributed by atoms with E-state index in [1.165, 1.54) is 0 Å². The smallest absolute Gasteiger partial charge is 0.190 e. The highest BCUT2D eigenvalue weighted by Crippen LogP contribution is 2.67. The van der Waals surface area contributed by atoms with Crippen LogP contribution in [0.2, 0.25) is 0 Å². The van der Waals surface area contributed by atoms with Crippen LogP contribution >= 0.6 is 0 Å². The van der Waals surface area contributed by atoms with E-state index in [0.29, 0.717) is 12.8 Å². The molecule has 0 aromatic carbocycles. The van der Waals surface area contributed by atoms with Crippen molar-refractivity contribution in [2.45, 2.75) is 58.2 Å². The first-order valence-electron chi connectivity index (χ1n) is 10.1. The number of hydrogen-bond donors (Lipinski definition) is 3. The Hall–Kier alpha value is -1.30. The van der Waals surface area contributed by atoms with E-state index in [9.17, 15) is 24.9 Å². The zero-order valence-corrected chi connectivity index (χ0v) is 16.3. The number of aliphatic hydroxyl groups excluding tert-OH is 2. The van der Waals surface area contributed by atoms with E-state index in [4.69, 9.17) is 0 Å². The Morgan fingerprint density at radius 1 is 1.33 bits per heavy atom. The van der Waals surface area contributed by atoms with Gasteiger partial charge < -0.3 is 15.3 Å². The van der Waals surface area contributed by atoms with E-state index in [-0.39, 0.29) is 34.9 Å². The van der Waals surface area contributed by atoms with Crippen molar-refractivity contribution in [1.82, 2.24) is 0 Å². The molecule has 0 radical (unpaired) electrons. The average molecular weight is 374 g/mol. The Kier molecular flexibility index (Phi) is 4.12. The molecule has 3 saturated carbocycles. The maximum atomic E-state index is 12.4. The molecular formula is C22H30O5. The van der Waals surface area contributed by atoms with Crippen LogP contribution in [0.4, 0.5) is 0 Å². The van der Waals surface area contributed by atoms with Gasteiger partial charge in [0.2, 0.25) is 0 Å². The molecule has 0 amide bonds. The van der Waals surface area contributed by atoms with Gasteiger partial charge in [-0.05, 0) is 55.6 Å². The second-order valence-electron chi connectivity index (χ2n) is 9.72. The highest BCUT2D eigenvalue weighted by atomic mass is 16.3. The van der Waals surface area contributed by atoms with Crippen molar-refractivity contribution in [3.8, 4) is 0 Å². The lowest BCUT2D eigenvalue weighted by atomic mass is 9.45. The molecule has 0 aromatic rings. The Balaban J connectivity index is 1.78. The van der Waals surface area contributed by atoms with Crippen molar-refractivity contribution >= 4 is 11.6 Å². The highest BCUT2D eigenvalue weighted by molar-refractivity contribution is 6.01. The summed E-state index contributed by atoms with van der Waals surface area (Å²) in [5, 5.41) is 31.9. The van der Waals surface area contributed by atoms with E-state index in [1.54, 1.807) is 12.2 Å². The van der Waals surface area contributed by atoms with Crippen molar-refractivity contribution in [3.63, 3.8) is 0 Å². The number of Topliss-reactive ketones (excluding diaryl/α,β-unsaturated/α-hetero) is 1. The number of rotatable bonds is 2. The van der Waals surface area contributed by atoms with Gasteiger partial charge in [-0.25, -0.2) is 0 Å². The molecule has 1 unspecified atom stereocenters. The van der Waals surface area contributed by atoms with Crippen LogP contribution in [0.5, 0.6) is 0 Å². The minimum Gasteiger partial charge on any atom is -0.393 e. The van der Waals surface area contributed by atoms with Crippen LogP contribution < -0.4 is 0 Å². The number of aliphatic hydroxyl groups is 3. The molecule has 0 aliphatic heterocycles. The first-order valence-corrected chi connectivity index (χ1v) is 10.1. The molecule has 3 N–H and O–H groups in total. The summed E-state index contributed by atoms with van der Waals surface area (Å²) >= 11 is 0. The number of allylic oxidation sites excluding steroid dienone is 4. The fourth-order valence-corrected chi connectivity index (χ4v) is 7.34. The van der Waals surface area contributed by atoms with Crippen LogP contribution in [-0.4, -0.2) is 45.2 Å². The van der Waals surface area contributed by atoms with Gasteiger partial charge in [-0.2, -0.15) is 0 Å². The molecule has 4 aliphatic rings. The number of fused-ring (bicyclic) bond motifs is 5. The van der Waals surface area contributed by atoms with Gasteiger partial charge >= 0.3 is 0 Å². The predicted octanol–water partition coefficient (Wildman–Crippen LogP) is 1.80. The van der Waals surface area contributed by atoms with Crippen LogP contribution in [0.1, 0.15) is 46.5 Å². The normalized spacial score (nSPS) is 51.3. The van der Waals surface area contributed by atoms with Crippen molar-refractivity contribution in [2.75, 3.05) is 6.61 Å². The maximum Gasteiger partial charge on any atom is 0.190 e. The van der Waals surface area contributed by atoms with Crippen molar-refractivity contribution in [2.24, 2.45) is 34.5 Å². The van der Waals surface area contributed by atoms with Crippen LogP contribution in [-0.2, 0) is 9.59 Å². The topological polar surface area (TPSA) is 94.8 Å². The molecule has 5 nitrogen and oxygen atoms in total. The molecular weight excluding hydrogens is 344 g/mol. The third-order valence-corrected chi connectivity index (χ3v) is 8.57. The van der Waals surface area contributed by atoms with E-state index in [1.807, 2.05) is 13.0 Å². The molecule has 8 atom stereocenters. The predicted molar refractivity (Wildman–Crippen MR) is 99.6 cm³/mol. The van der Waals surface area contributed by atoms with Gasteiger partial charge in [-0.15, -0.1) is 0 Å². The lowest BCUT2D eigenvalue weighted by Crippen LogP contribution is -2.62. The van der Waals surface area contributed by atoms with E-state index in [0.717, 1.165) is 18.4 Å². The second-order valence-corrected chi connectivity index (χ2v) is 9.72. The van der Waals surface area contributed by atoms with Crippen molar-refractivity contribution in [3.05, 3.63) is 23.8 Å². The summed E-state index contributed by atoms with van der Waals surface area (Å²) in [5.74, 6) is -0.0768. The van der Waals surface area contributed by atoms with Crippen LogP contribution in [0.15, 0.2) is 23.8 Å². The summed E-state index contributed by atoms with van der Waals surface area (Å²) in [5.41, 5.74) is -1.59. The van der Waals surface area contributed by atoms with Crippen LogP contribution in [0.25, 0.3) is 0 Å². The largest absolute Gasteiger partial charge is 0.393 e. The van der Waals surface area contributed by atoms with Gasteiger partial charge in [-0.1, -0.05) is 32.4 Å². The summed E-state index contributed by atoms with van der Waals surface area (Å²) in [6.45, 7) is 5.48. The molecule has 4 rings (SSSR count). The summed E-state index contributed by atoms with van der Waals surface area (Å²) in [4.78, 5) is 24.4. The number of carbonyl (C=O) groups excluding carboxylic acids is 2. The molecule has 0 saturated heterocycles. The van der Waals surface area contributed by atoms with Gasteiger partial charge in [0.05, 0.1) is 6.10 Å². The fourth-order valence-electron chi connectivity index (χ4n) is 7.34. The average Bonchev–Trinajstić information content (AvgIpc) is 2.87. The first-order chi connectivity index (χ1) is 12.6. The molecule has 3 fully saturated rings. The summed E-state index contributed by atoms with van der Waals surface area (Å²) in [6, 6.07) is 0. The zero-order chi connectivity index (χ0) is 19.8. The molecule has 4 aliphatic carbocycles. The fraction of sp³-hybridized carbons (Fsp3) is 0.727. The van der Waals surface area contributed by atoms with E-state index >= 15 is 0 Å². The lowest BCUT2D eigenvalue weighted by molar-refractivity contribution is -0.180. The summed E-state index contributed by atoms with van der Waals surface area (Å²) < 4.78 is 0. The number of carbonyl (C=O) groups is 2. The Morgan fingerprint density at radius 3 is 2.70 bits per heavy atom. The summed E-state index contributed by atoms with van der Waals surface area (Å²) in [6.07, 6.45) is 6.87. The third kappa shape index (κ3) is 2.28. The molecule has 27 heavy (non-hydrogen) atoms. The Bertz CT molecular complexity index is 754. The van der Waals surface area contributed by atoms with Crippen LogP contribution in [0.3, 0.4) is 0 Å². The van der Waals surface area contributed by atoms with Crippen LogP contribution in [0, 0.1) is 34.5 Å². The minimum absolute atomic E-state index is 0.00620.